The van der Waals surface area contributed by atoms with E-state index >= 15 is 0 Å². The predicted molar refractivity (Wildman–Crippen MR) is 95.8 cm³/mol. The Labute approximate surface area is 152 Å². The Balaban J connectivity index is 1.61. The third-order valence-corrected chi connectivity index (χ3v) is 3.40. The van der Waals surface area contributed by atoms with Crippen molar-refractivity contribution in [2.24, 2.45) is 0 Å². The molecule has 0 saturated carbocycles. The largest absolute Gasteiger partial charge is 0.416 e. The molecule has 9 heteroatoms. The summed E-state index contributed by atoms with van der Waals surface area (Å²) >= 11 is 0. The van der Waals surface area contributed by atoms with Gasteiger partial charge in [-0.25, -0.2) is 4.79 Å². The Morgan fingerprint density at radius 2 is 1.44 bits per heavy atom. The number of alkyl halides is 3. The maximum absolute atomic E-state index is 12.7. The SMILES string of the molecule is O=C(Nc1ccccc1)Nc1ccc(Nc2cccc(C(F)(F)F)c2)nn1. The molecule has 0 bridgehead atoms. The van der Waals surface area contributed by atoms with E-state index in [1.165, 1.54) is 24.3 Å². The summed E-state index contributed by atoms with van der Waals surface area (Å²) in [5.41, 5.74) is 0.0729. The fourth-order valence-electron chi connectivity index (χ4n) is 2.19. The van der Waals surface area contributed by atoms with Crippen molar-refractivity contribution >= 4 is 29.0 Å². The lowest BCUT2D eigenvalue weighted by Gasteiger charge is -2.10. The van der Waals surface area contributed by atoms with Crippen LogP contribution in [0.25, 0.3) is 0 Å². The van der Waals surface area contributed by atoms with E-state index < -0.39 is 17.8 Å². The van der Waals surface area contributed by atoms with Gasteiger partial charge in [-0.05, 0) is 42.5 Å². The van der Waals surface area contributed by atoms with E-state index in [0.717, 1.165) is 12.1 Å². The minimum absolute atomic E-state index is 0.193. The molecule has 1 aromatic heterocycles. The number of hydrogen-bond acceptors (Lipinski definition) is 4. The van der Waals surface area contributed by atoms with Crippen LogP contribution in [0.15, 0.2) is 66.7 Å². The van der Waals surface area contributed by atoms with Gasteiger partial charge in [0.2, 0.25) is 0 Å². The molecule has 138 valence electrons. The van der Waals surface area contributed by atoms with Crippen molar-refractivity contribution in [1.29, 1.82) is 0 Å². The summed E-state index contributed by atoms with van der Waals surface area (Å²) in [6.45, 7) is 0. The van der Waals surface area contributed by atoms with Gasteiger partial charge in [-0.3, -0.25) is 5.32 Å². The number of benzene rings is 2. The molecular weight excluding hydrogens is 359 g/mol. The highest BCUT2D eigenvalue weighted by molar-refractivity contribution is 5.99. The van der Waals surface area contributed by atoms with Crippen molar-refractivity contribution in [3.8, 4) is 0 Å². The molecule has 3 N–H and O–H groups in total. The van der Waals surface area contributed by atoms with Crippen molar-refractivity contribution in [1.82, 2.24) is 10.2 Å². The second kappa shape index (κ2) is 7.73. The Kier molecular flexibility index (Phi) is 5.20. The first-order chi connectivity index (χ1) is 12.9. The third kappa shape index (κ3) is 5.18. The monoisotopic (exact) mass is 373 g/mol. The summed E-state index contributed by atoms with van der Waals surface area (Å²) in [6, 6.07) is 16.1. The summed E-state index contributed by atoms with van der Waals surface area (Å²) in [5, 5.41) is 15.5. The number of carbonyl (C=O) groups excluding carboxylic acids is 1. The fourth-order valence-corrected chi connectivity index (χ4v) is 2.19. The summed E-state index contributed by atoms with van der Waals surface area (Å²) in [5.74, 6) is 0.432. The first-order valence-corrected chi connectivity index (χ1v) is 7.81. The number of aromatic nitrogens is 2. The van der Waals surface area contributed by atoms with Gasteiger partial charge in [-0.2, -0.15) is 13.2 Å². The Morgan fingerprint density at radius 3 is 2.11 bits per heavy atom. The molecule has 0 saturated heterocycles. The normalized spacial score (nSPS) is 10.9. The smallest absolute Gasteiger partial charge is 0.339 e. The molecule has 3 aromatic rings. The Hall–Kier alpha value is -3.62. The maximum atomic E-state index is 12.7. The van der Waals surface area contributed by atoms with Crippen LogP contribution in [0, 0.1) is 0 Å². The van der Waals surface area contributed by atoms with Gasteiger partial charge in [0.1, 0.15) is 0 Å². The highest BCUT2D eigenvalue weighted by atomic mass is 19.4. The van der Waals surface area contributed by atoms with Crippen molar-refractivity contribution in [3.05, 3.63) is 72.3 Å². The summed E-state index contributed by atoms with van der Waals surface area (Å²) in [4.78, 5) is 11.9. The molecule has 0 aliphatic carbocycles. The van der Waals surface area contributed by atoms with E-state index in [9.17, 15) is 18.0 Å². The van der Waals surface area contributed by atoms with Crippen LogP contribution < -0.4 is 16.0 Å². The fraction of sp³-hybridized carbons (Fsp3) is 0.0556. The van der Waals surface area contributed by atoms with Gasteiger partial charge < -0.3 is 10.6 Å². The van der Waals surface area contributed by atoms with E-state index in [0.29, 0.717) is 5.69 Å². The number of nitrogens with one attached hydrogen (secondary N) is 3. The Bertz CT molecular complexity index is 914. The molecule has 0 fully saturated rings. The van der Waals surface area contributed by atoms with Crippen LogP contribution in [0.3, 0.4) is 0 Å². The van der Waals surface area contributed by atoms with Crippen molar-refractivity contribution in [2.75, 3.05) is 16.0 Å². The molecule has 3 rings (SSSR count). The maximum Gasteiger partial charge on any atom is 0.416 e. The standard InChI is InChI=1S/C18H14F3N5O/c19-18(20,21)12-5-4-8-14(11-12)22-15-9-10-16(26-25-15)24-17(27)23-13-6-2-1-3-7-13/h1-11H,(H,22,25)(H2,23,24,26,27). The lowest BCUT2D eigenvalue weighted by molar-refractivity contribution is -0.137. The number of anilines is 4. The van der Waals surface area contributed by atoms with E-state index in [1.807, 2.05) is 6.07 Å². The topological polar surface area (TPSA) is 78.9 Å². The molecule has 6 nitrogen and oxygen atoms in total. The molecule has 2 aromatic carbocycles. The van der Waals surface area contributed by atoms with Gasteiger partial charge in [0.05, 0.1) is 5.56 Å². The summed E-state index contributed by atoms with van der Waals surface area (Å²) < 4.78 is 38.2. The summed E-state index contributed by atoms with van der Waals surface area (Å²) in [6.07, 6.45) is -4.43. The van der Waals surface area contributed by atoms with Crippen LogP contribution >= 0.6 is 0 Å². The lowest BCUT2D eigenvalue weighted by atomic mass is 10.2. The van der Waals surface area contributed by atoms with E-state index in [4.69, 9.17) is 0 Å². The van der Waals surface area contributed by atoms with Crippen LogP contribution in [-0.2, 0) is 6.18 Å². The van der Waals surface area contributed by atoms with Gasteiger partial charge in [-0.1, -0.05) is 24.3 Å². The van der Waals surface area contributed by atoms with Gasteiger partial charge in [-0.15, -0.1) is 10.2 Å². The van der Waals surface area contributed by atoms with Gasteiger partial charge in [0.25, 0.3) is 0 Å². The number of hydrogen-bond donors (Lipinski definition) is 3. The molecule has 0 spiro atoms. The quantitative estimate of drug-likeness (QED) is 0.609. The van der Waals surface area contributed by atoms with Crippen molar-refractivity contribution in [3.63, 3.8) is 0 Å². The molecule has 0 unspecified atom stereocenters. The highest BCUT2D eigenvalue weighted by Crippen LogP contribution is 2.31. The van der Waals surface area contributed by atoms with E-state index in [2.05, 4.69) is 26.1 Å². The van der Waals surface area contributed by atoms with Crippen LogP contribution in [-0.4, -0.2) is 16.2 Å². The number of rotatable bonds is 4. The second-order valence-corrected chi connectivity index (χ2v) is 5.45. The van der Waals surface area contributed by atoms with Gasteiger partial charge in [0, 0.05) is 11.4 Å². The van der Waals surface area contributed by atoms with Crippen LogP contribution in [0.4, 0.5) is 41.0 Å². The number of para-hydroxylation sites is 1. The number of carbonyl (C=O) groups is 1. The molecular formula is C18H14F3N5O. The van der Waals surface area contributed by atoms with Crippen molar-refractivity contribution < 1.29 is 18.0 Å². The zero-order chi connectivity index (χ0) is 19.3. The molecule has 27 heavy (non-hydrogen) atoms. The van der Waals surface area contributed by atoms with Gasteiger partial charge >= 0.3 is 12.2 Å². The van der Waals surface area contributed by atoms with E-state index in [1.54, 1.807) is 24.3 Å². The average Bonchev–Trinajstić information content (AvgIpc) is 2.64. The number of nitrogens with zero attached hydrogens (tertiary/aromatic N) is 2. The molecule has 0 radical (unpaired) electrons. The molecule has 1 heterocycles. The molecule has 0 atom stereocenters. The zero-order valence-corrected chi connectivity index (χ0v) is 13.8. The molecule has 0 aliphatic heterocycles. The van der Waals surface area contributed by atoms with Crippen LogP contribution in [0.1, 0.15) is 5.56 Å². The number of urea groups is 1. The van der Waals surface area contributed by atoms with E-state index in [-0.39, 0.29) is 17.3 Å². The first kappa shape index (κ1) is 18.2. The van der Waals surface area contributed by atoms with Crippen LogP contribution in [0.5, 0.6) is 0 Å². The van der Waals surface area contributed by atoms with Crippen molar-refractivity contribution in [2.45, 2.75) is 6.18 Å². The first-order valence-electron chi connectivity index (χ1n) is 7.81. The molecule has 0 aliphatic rings. The second-order valence-electron chi connectivity index (χ2n) is 5.45. The lowest BCUT2D eigenvalue weighted by Crippen LogP contribution is -2.20. The minimum atomic E-state index is -4.43. The number of halogens is 3. The highest BCUT2D eigenvalue weighted by Gasteiger charge is 2.30. The zero-order valence-electron chi connectivity index (χ0n) is 13.8. The van der Waals surface area contributed by atoms with Crippen LogP contribution in [0.2, 0.25) is 0 Å². The Morgan fingerprint density at radius 1 is 0.778 bits per heavy atom. The minimum Gasteiger partial charge on any atom is -0.339 e. The molecule has 2 amide bonds. The van der Waals surface area contributed by atoms with Gasteiger partial charge in [0.15, 0.2) is 11.6 Å². The third-order valence-electron chi connectivity index (χ3n) is 3.40. The number of amides is 2. The predicted octanol–water partition coefficient (Wildman–Crippen LogP) is 4.88. The summed E-state index contributed by atoms with van der Waals surface area (Å²) in [7, 11) is 0. The average molecular weight is 373 g/mol.